The molecule has 1 fully saturated rings. The Hall–Kier alpha value is -0.820. The fourth-order valence-electron chi connectivity index (χ4n) is 1.78. The van der Waals surface area contributed by atoms with E-state index in [0.717, 1.165) is 6.42 Å². The molecule has 0 spiro atoms. The van der Waals surface area contributed by atoms with Crippen molar-refractivity contribution < 1.29 is 5.11 Å². The van der Waals surface area contributed by atoms with Gasteiger partial charge in [-0.1, -0.05) is 24.3 Å². The van der Waals surface area contributed by atoms with Gasteiger partial charge < -0.3 is 5.11 Å². The fourth-order valence-corrected chi connectivity index (χ4v) is 1.78. The first-order chi connectivity index (χ1) is 5.61. The van der Waals surface area contributed by atoms with Crippen molar-refractivity contribution >= 4 is 0 Å². The molecule has 0 unspecified atom stereocenters. The molecule has 1 N–H and O–H groups in total. The van der Waals surface area contributed by atoms with Crippen molar-refractivity contribution in [3.05, 3.63) is 35.4 Å². The zero-order valence-electron chi connectivity index (χ0n) is 7.54. The van der Waals surface area contributed by atoms with Crippen LogP contribution in [0.3, 0.4) is 0 Å². The molecule has 0 amide bonds. The Morgan fingerprint density at radius 2 is 2.00 bits per heavy atom. The molecule has 0 aromatic heterocycles. The molecule has 64 valence electrons. The first-order valence-electron chi connectivity index (χ1n) is 4.39. The Bertz CT molecular complexity index is 302. The highest BCUT2D eigenvalue weighted by Crippen LogP contribution is 2.51. The summed E-state index contributed by atoms with van der Waals surface area (Å²) < 4.78 is 0. The van der Waals surface area contributed by atoms with Crippen molar-refractivity contribution in [1.29, 1.82) is 0 Å². The molecular weight excluding hydrogens is 148 g/mol. The maximum Gasteiger partial charge on any atom is 0.0696 e. The van der Waals surface area contributed by atoms with Gasteiger partial charge in [0, 0.05) is 5.92 Å². The zero-order valence-corrected chi connectivity index (χ0v) is 7.54. The monoisotopic (exact) mass is 162 g/mol. The topological polar surface area (TPSA) is 20.2 Å². The summed E-state index contributed by atoms with van der Waals surface area (Å²) in [6.07, 6.45) is 0.915. The van der Waals surface area contributed by atoms with Crippen LogP contribution in [-0.4, -0.2) is 10.7 Å². The Morgan fingerprint density at radius 3 is 2.50 bits per heavy atom. The molecule has 1 saturated carbocycles. The third kappa shape index (κ3) is 1.14. The van der Waals surface area contributed by atoms with Crippen molar-refractivity contribution in [2.24, 2.45) is 0 Å². The standard InChI is InChI=1S/C11H14O/c1-8-5-3-4-6-9(8)10-7-11(10,2)12/h3-6,10,12H,7H2,1-2H3/t10-,11+/m0/s1. The van der Waals surface area contributed by atoms with Gasteiger partial charge in [-0.3, -0.25) is 0 Å². The Morgan fingerprint density at radius 1 is 1.42 bits per heavy atom. The maximum absolute atomic E-state index is 9.67. The number of hydrogen-bond donors (Lipinski definition) is 1. The molecular formula is C11H14O. The molecule has 1 heteroatoms. The molecule has 1 aromatic carbocycles. The number of aryl methyl sites for hydroxylation is 1. The zero-order chi connectivity index (χ0) is 8.77. The van der Waals surface area contributed by atoms with Gasteiger partial charge in [0.25, 0.3) is 0 Å². The van der Waals surface area contributed by atoms with Gasteiger partial charge in [-0.2, -0.15) is 0 Å². The van der Waals surface area contributed by atoms with Gasteiger partial charge in [-0.15, -0.1) is 0 Å². The van der Waals surface area contributed by atoms with Crippen molar-refractivity contribution in [2.75, 3.05) is 0 Å². The smallest absolute Gasteiger partial charge is 0.0696 e. The van der Waals surface area contributed by atoms with Gasteiger partial charge in [0.15, 0.2) is 0 Å². The highest BCUT2D eigenvalue weighted by atomic mass is 16.3. The summed E-state index contributed by atoms with van der Waals surface area (Å²) in [6.45, 7) is 4.01. The van der Waals surface area contributed by atoms with Crippen molar-refractivity contribution in [3.8, 4) is 0 Å². The van der Waals surface area contributed by atoms with E-state index in [9.17, 15) is 5.11 Å². The van der Waals surface area contributed by atoms with Gasteiger partial charge in [-0.25, -0.2) is 0 Å². The maximum atomic E-state index is 9.67. The van der Waals surface area contributed by atoms with Gasteiger partial charge in [0.05, 0.1) is 5.60 Å². The Labute approximate surface area is 73.0 Å². The lowest BCUT2D eigenvalue weighted by atomic mass is 10.0. The predicted octanol–water partition coefficient (Wildman–Crippen LogP) is 2.23. The second-order valence-electron chi connectivity index (χ2n) is 3.97. The van der Waals surface area contributed by atoms with E-state index in [2.05, 4.69) is 19.1 Å². The minimum Gasteiger partial charge on any atom is -0.390 e. The number of hydrogen-bond acceptors (Lipinski definition) is 1. The van der Waals surface area contributed by atoms with Crippen LogP contribution < -0.4 is 0 Å². The minimum absolute atomic E-state index is 0.374. The molecule has 1 aliphatic rings. The molecule has 12 heavy (non-hydrogen) atoms. The molecule has 0 heterocycles. The van der Waals surface area contributed by atoms with E-state index in [0.29, 0.717) is 5.92 Å². The van der Waals surface area contributed by atoms with Crippen LogP contribution in [0.5, 0.6) is 0 Å². The second kappa shape index (κ2) is 2.33. The molecule has 0 saturated heterocycles. The first kappa shape index (κ1) is 7.81. The van der Waals surface area contributed by atoms with Crippen LogP contribution in [0.15, 0.2) is 24.3 Å². The summed E-state index contributed by atoms with van der Waals surface area (Å²) in [5.41, 5.74) is 2.16. The van der Waals surface area contributed by atoms with Crippen molar-refractivity contribution in [3.63, 3.8) is 0 Å². The van der Waals surface area contributed by atoms with Crippen LogP contribution >= 0.6 is 0 Å². The van der Waals surface area contributed by atoms with Crippen LogP contribution in [0, 0.1) is 6.92 Å². The normalized spacial score (nSPS) is 33.4. The summed E-state index contributed by atoms with van der Waals surface area (Å²) in [5.74, 6) is 0.374. The van der Waals surface area contributed by atoms with Gasteiger partial charge in [0.1, 0.15) is 0 Å². The van der Waals surface area contributed by atoms with Crippen LogP contribution in [0.1, 0.15) is 30.4 Å². The molecule has 1 aliphatic carbocycles. The highest BCUT2D eigenvalue weighted by Gasteiger charge is 2.49. The molecule has 1 aromatic rings. The molecule has 2 rings (SSSR count). The van der Waals surface area contributed by atoms with Gasteiger partial charge >= 0.3 is 0 Å². The number of rotatable bonds is 1. The third-order valence-electron chi connectivity index (χ3n) is 2.77. The molecule has 2 atom stereocenters. The van der Waals surface area contributed by atoms with Crippen LogP contribution in [0.25, 0.3) is 0 Å². The molecule has 0 radical (unpaired) electrons. The fraction of sp³-hybridized carbons (Fsp3) is 0.455. The summed E-state index contributed by atoms with van der Waals surface area (Å²) in [7, 11) is 0. The number of aliphatic hydroxyl groups is 1. The van der Waals surface area contributed by atoms with Gasteiger partial charge in [-0.05, 0) is 31.4 Å². The van der Waals surface area contributed by atoms with E-state index in [1.807, 2.05) is 19.1 Å². The van der Waals surface area contributed by atoms with Crippen molar-refractivity contribution in [2.45, 2.75) is 31.8 Å². The van der Waals surface area contributed by atoms with Gasteiger partial charge in [0.2, 0.25) is 0 Å². The third-order valence-corrected chi connectivity index (χ3v) is 2.77. The van der Waals surface area contributed by atoms with E-state index in [1.54, 1.807) is 0 Å². The molecule has 0 bridgehead atoms. The van der Waals surface area contributed by atoms with Crippen LogP contribution in [0.2, 0.25) is 0 Å². The van der Waals surface area contributed by atoms with Crippen LogP contribution in [-0.2, 0) is 0 Å². The average molecular weight is 162 g/mol. The van der Waals surface area contributed by atoms with E-state index >= 15 is 0 Å². The van der Waals surface area contributed by atoms with Crippen molar-refractivity contribution in [1.82, 2.24) is 0 Å². The lowest BCUT2D eigenvalue weighted by molar-refractivity contribution is 0.164. The van der Waals surface area contributed by atoms with E-state index in [1.165, 1.54) is 11.1 Å². The quantitative estimate of drug-likeness (QED) is 0.671. The summed E-state index contributed by atoms with van der Waals surface area (Å²) in [5, 5.41) is 9.67. The summed E-state index contributed by atoms with van der Waals surface area (Å²) in [4.78, 5) is 0. The summed E-state index contributed by atoms with van der Waals surface area (Å²) in [6, 6.07) is 8.29. The van der Waals surface area contributed by atoms with Crippen LogP contribution in [0.4, 0.5) is 0 Å². The second-order valence-corrected chi connectivity index (χ2v) is 3.97. The predicted molar refractivity (Wildman–Crippen MR) is 49.2 cm³/mol. The first-order valence-corrected chi connectivity index (χ1v) is 4.39. The molecule has 1 nitrogen and oxygen atoms in total. The SMILES string of the molecule is Cc1ccccc1[C@@H]1C[C@@]1(C)O. The lowest BCUT2D eigenvalue weighted by Crippen LogP contribution is -2.03. The van der Waals surface area contributed by atoms with E-state index in [-0.39, 0.29) is 0 Å². The highest BCUT2D eigenvalue weighted by molar-refractivity contribution is 5.36. The number of benzene rings is 1. The largest absolute Gasteiger partial charge is 0.390 e. The molecule has 0 aliphatic heterocycles. The Balaban J connectivity index is 2.31. The average Bonchev–Trinajstić information content (AvgIpc) is 2.61. The van der Waals surface area contributed by atoms with E-state index in [4.69, 9.17) is 0 Å². The van der Waals surface area contributed by atoms with E-state index < -0.39 is 5.60 Å². The lowest BCUT2D eigenvalue weighted by Gasteiger charge is -2.05. The summed E-state index contributed by atoms with van der Waals surface area (Å²) >= 11 is 0. The Kier molecular flexibility index (Phi) is 1.52. The minimum atomic E-state index is -0.438.